The highest BCUT2D eigenvalue weighted by Crippen LogP contribution is 2.19. The Hall–Kier alpha value is -1.09. The zero-order chi connectivity index (χ0) is 20.2. The maximum absolute atomic E-state index is 10.8. The Bertz CT molecular complexity index is 599. The van der Waals surface area contributed by atoms with Crippen molar-refractivity contribution in [3.8, 4) is 0 Å². The minimum atomic E-state index is -0.669. The number of anilines is 1. The molecular formula is C22H40IN5O. The van der Waals surface area contributed by atoms with Crippen molar-refractivity contribution in [2.45, 2.75) is 77.9 Å². The first-order chi connectivity index (χ1) is 13.6. The van der Waals surface area contributed by atoms with E-state index in [-0.39, 0.29) is 24.0 Å². The van der Waals surface area contributed by atoms with E-state index in [0.29, 0.717) is 13.1 Å². The molecule has 2 heterocycles. The molecule has 1 aliphatic rings. The molecule has 0 unspecified atom stereocenters. The minimum Gasteiger partial charge on any atom is -0.388 e. The first-order valence-electron chi connectivity index (χ1n) is 11.0. The number of rotatable bonds is 10. The van der Waals surface area contributed by atoms with Gasteiger partial charge in [-0.2, -0.15) is 0 Å². The van der Waals surface area contributed by atoms with E-state index in [2.05, 4.69) is 47.4 Å². The van der Waals surface area contributed by atoms with E-state index in [4.69, 9.17) is 4.99 Å². The standard InChI is InChI=1S/C22H39N5O.HI/c1-4-11-22(28,12-5-2)18-26-21(23-6-3)25-17-19-10-13-24-20(16-19)27-14-8-7-9-15-27;/h10,13,16,28H,4-9,11-12,14-15,17-18H2,1-3H3,(H2,23,25,26);1H. The Balaban J connectivity index is 0.00000420. The van der Waals surface area contributed by atoms with Crippen LogP contribution in [-0.4, -0.2) is 47.8 Å². The maximum atomic E-state index is 10.8. The molecule has 1 saturated heterocycles. The second-order valence-electron chi connectivity index (χ2n) is 7.84. The molecule has 166 valence electrons. The van der Waals surface area contributed by atoms with Gasteiger partial charge in [0.05, 0.1) is 12.1 Å². The highest BCUT2D eigenvalue weighted by atomic mass is 127. The minimum absolute atomic E-state index is 0. The van der Waals surface area contributed by atoms with Gasteiger partial charge in [0.15, 0.2) is 5.96 Å². The number of aliphatic hydroxyl groups is 1. The molecule has 0 aliphatic carbocycles. The van der Waals surface area contributed by atoms with E-state index in [1.54, 1.807) is 0 Å². The fourth-order valence-corrected chi connectivity index (χ4v) is 3.85. The topological polar surface area (TPSA) is 72.8 Å². The summed E-state index contributed by atoms with van der Waals surface area (Å²) in [6.07, 6.45) is 9.25. The molecular weight excluding hydrogens is 477 g/mol. The molecule has 3 N–H and O–H groups in total. The van der Waals surface area contributed by atoms with Gasteiger partial charge in [0, 0.05) is 32.4 Å². The van der Waals surface area contributed by atoms with Crippen LogP contribution in [-0.2, 0) is 6.54 Å². The summed E-state index contributed by atoms with van der Waals surface area (Å²) in [5, 5.41) is 17.5. The molecule has 1 aromatic rings. The second-order valence-corrected chi connectivity index (χ2v) is 7.84. The highest BCUT2D eigenvalue weighted by molar-refractivity contribution is 14.0. The van der Waals surface area contributed by atoms with Gasteiger partial charge >= 0.3 is 0 Å². The molecule has 7 heteroatoms. The molecule has 6 nitrogen and oxygen atoms in total. The van der Waals surface area contributed by atoms with Crippen LogP contribution in [0.5, 0.6) is 0 Å². The summed E-state index contributed by atoms with van der Waals surface area (Å²) in [6, 6.07) is 4.19. The molecule has 0 saturated carbocycles. The zero-order valence-electron chi connectivity index (χ0n) is 18.4. The van der Waals surface area contributed by atoms with Crippen LogP contribution in [0.15, 0.2) is 23.3 Å². The third-order valence-electron chi connectivity index (χ3n) is 5.27. The number of piperidine rings is 1. The normalized spacial score (nSPS) is 15.0. The lowest BCUT2D eigenvalue weighted by molar-refractivity contribution is 0.0257. The smallest absolute Gasteiger partial charge is 0.191 e. The van der Waals surface area contributed by atoms with E-state index < -0.39 is 5.60 Å². The molecule has 1 aromatic heterocycles. The van der Waals surface area contributed by atoms with E-state index in [0.717, 1.165) is 62.7 Å². The quantitative estimate of drug-likeness (QED) is 0.248. The summed E-state index contributed by atoms with van der Waals surface area (Å²) < 4.78 is 0. The van der Waals surface area contributed by atoms with Crippen LogP contribution in [0, 0.1) is 0 Å². The summed E-state index contributed by atoms with van der Waals surface area (Å²) in [6.45, 7) is 10.4. The lowest BCUT2D eigenvalue weighted by atomic mass is 9.93. The number of pyridine rings is 1. The number of nitrogens with zero attached hydrogens (tertiary/aromatic N) is 3. The van der Waals surface area contributed by atoms with Gasteiger partial charge in [0.2, 0.25) is 0 Å². The van der Waals surface area contributed by atoms with Crippen molar-refractivity contribution < 1.29 is 5.11 Å². The van der Waals surface area contributed by atoms with Crippen molar-refractivity contribution in [1.82, 2.24) is 15.6 Å². The predicted octanol–water partition coefficient (Wildman–Crippen LogP) is 4.08. The van der Waals surface area contributed by atoms with Gasteiger partial charge in [-0.25, -0.2) is 9.98 Å². The summed E-state index contributed by atoms with van der Waals surface area (Å²) in [7, 11) is 0. The van der Waals surface area contributed by atoms with Gasteiger partial charge in [0.1, 0.15) is 5.82 Å². The molecule has 0 aromatic carbocycles. The van der Waals surface area contributed by atoms with E-state index >= 15 is 0 Å². The summed E-state index contributed by atoms with van der Waals surface area (Å²) in [4.78, 5) is 11.7. The zero-order valence-corrected chi connectivity index (χ0v) is 20.7. The van der Waals surface area contributed by atoms with Gasteiger partial charge < -0.3 is 20.6 Å². The molecule has 1 aliphatic heterocycles. The average Bonchev–Trinajstić information content (AvgIpc) is 2.71. The van der Waals surface area contributed by atoms with Crippen molar-refractivity contribution >= 4 is 35.8 Å². The number of nitrogens with one attached hydrogen (secondary N) is 2. The number of aliphatic imine (C=N–C) groups is 1. The lowest BCUT2D eigenvalue weighted by Gasteiger charge is -2.28. The fraction of sp³-hybridized carbons (Fsp3) is 0.727. The van der Waals surface area contributed by atoms with Crippen LogP contribution >= 0.6 is 24.0 Å². The number of hydrogen-bond donors (Lipinski definition) is 3. The third kappa shape index (κ3) is 9.07. The van der Waals surface area contributed by atoms with Crippen molar-refractivity contribution in [3.63, 3.8) is 0 Å². The monoisotopic (exact) mass is 517 g/mol. The Morgan fingerprint density at radius 2 is 1.83 bits per heavy atom. The molecule has 2 rings (SSSR count). The number of halogens is 1. The molecule has 0 amide bonds. The van der Waals surface area contributed by atoms with E-state index in [1.807, 2.05) is 12.3 Å². The summed E-state index contributed by atoms with van der Waals surface area (Å²) >= 11 is 0. The number of guanidine groups is 1. The van der Waals surface area contributed by atoms with Gasteiger partial charge in [-0.05, 0) is 56.7 Å². The molecule has 0 bridgehead atoms. The maximum Gasteiger partial charge on any atom is 0.191 e. The number of hydrogen-bond acceptors (Lipinski definition) is 4. The van der Waals surface area contributed by atoms with Crippen molar-refractivity contribution in [3.05, 3.63) is 23.9 Å². The third-order valence-corrected chi connectivity index (χ3v) is 5.27. The van der Waals surface area contributed by atoms with Crippen LogP contribution in [0.3, 0.4) is 0 Å². The van der Waals surface area contributed by atoms with Gasteiger partial charge in [-0.1, -0.05) is 26.7 Å². The van der Waals surface area contributed by atoms with Crippen LogP contribution in [0.25, 0.3) is 0 Å². The highest BCUT2D eigenvalue weighted by Gasteiger charge is 2.24. The fourth-order valence-electron chi connectivity index (χ4n) is 3.85. The largest absolute Gasteiger partial charge is 0.388 e. The SMILES string of the molecule is CCCC(O)(CCC)CNC(=NCc1ccnc(N2CCCCC2)c1)NCC.I. The molecule has 1 fully saturated rings. The summed E-state index contributed by atoms with van der Waals surface area (Å²) in [5.41, 5.74) is 0.489. The van der Waals surface area contributed by atoms with Crippen molar-refractivity contribution in [2.75, 3.05) is 31.1 Å². The average molecular weight is 518 g/mol. The predicted molar refractivity (Wildman–Crippen MR) is 133 cm³/mol. The Labute approximate surface area is 194 Å². The Morgan fingerprint density at radius 3 is 2.45 bits per heavy atom. The second kappa shape index (κ2) is 14.0. The molecule has 29 heavy (non-hydrogen) atoms. The van der Waals surface area contributed by atoms with Gasteiger partial charge in [-0.3, -0.25) is 0 Å². The van der Waals surface area contributed by atoms with Crippen LogP contribution in [0.1, 0.15) is 71.3 Å². The molecule has 0 atom stereocenters. The van der Waals surface area contributed by atoms with Crippen LogP contribution < -0.4 is 15.5 Å². The Morgan fingerprint density at radius 1 is 1.14 bits per heavy atom. The molecule has 0 spiro atoms. The first kappa shape index (κ1) is 25.9. The van der Waals surface area contributed by atoms with E-state index in [1.165, 1.54) is 19.3 Å². The van der Waals surface area contributed by atoms with Crippen LogP contribution in [0.2, 0.25) is 0 Å². The van der Waals surface area contributed by atoms with Gasteiger partial charge in [0.25, 0.3) is 0 Å². The first-order valence-corrected chi connectivity index (χ1v) is 11.0. The van der Waals surface area contributed by atoms with Crippen molar-refractivity contribution in [2.24, 2.45) is 4.99 Å². The molecule has 0 radical (unpaired) electrons. The van der Waals surface area contributed by atoms with Crippen molar-refractivity contribution in [1.29, 1.82) is 0 Å². The summed E-state index contributed by atoms with van der Waals surface area (Å²) in [5.74, 6) is 1.81. The van der Waals surface area contributed by atoms with E-state index in [9.17, 15) is 5.11 Å². The van der Waals surface area contributed by atoms with Crippen LogP contribution in [0.4, 0.5) is 5.82 Å². The lowest BCUT2D eigenvalue weighted by Crippen LogP contribution is -2.47. The Kier molecular flexibility index (Phi) is 12.5. The number of aromatic nitrogens is 1. The van der Waals surface area contributed by atoms with Gasteiger partial charge in [-0.15, -0.1) is 24.0 Å².